The Bertz CT molecular complexity index is 796. The number of halogens is 3. The number of rotatable bonds is 7. The van der Waals surface area contributed by atoms with Crippen LogP contribution in [0.1, 0.15) is 11.1 Å². The van der Waals surface area contributed by atoms with E-state index < -0.39 is 6.61 Å². The summed E-state index contributed by atoms with van der Waals surface area (Å²) in [6.07, 6.45) is 3.08. The Morgan fingerprint density at radius 1 is 1.23 bits per heavy atom. The lowest BCUT2D eigenvalue weighted by atomic mass is 10.2. The monoisotopic (exact) mass is 381 g/mol. The summed E-state index contributed by atoms with van der Waals surface area (Å²) in [5.74, 6) is -0.115. The maximum absolute atomic E-state index is 12.5. The van der Waals surface area contributed by atoms with Crippen molar-refractivity contribution in [2.24, 2.45) is 0 Å². The number of hydrogen-bond acceptors (Lipinski definition) is 3. The summed E-state index contributed by atoms with van der Waals surface area (Å²) in [4.78, 5) is 13.7. The lowest BCUT2D eigenvalue weighted by molar-refractivity contribution is -0.125. The molecule has 0 unspecified atom stereocenters. The quantitative estimate of drug-likeness (QED) is 0.657. The van der Waals surface area contributed by atoms with Gasteiger partial charge >= 0.3 is 6.61 Å². The first-order valence-corrected chi connectivity index (χ1v) is 8.07. The SMILES string of the molecule is COc1ccc(CN(C)C(=O)/C=C/c2cccc(Cl)c2)cc1OC(F)F. The van der Waals surface area contributed by atoms with Crippen LogP contribution in [0.5, 0.6) is 11.5 Å². The van der Waals surface area contributed by atoms with E-state index in [1.165, 1.54) is 30.2 Å². The number of likely N-dealkylation sites (N-methyl/N-ethyl adjacent to an activating group) is 1. The number of amides is 1. The van der Waals surface area contributed by atoms with Crippen molar-refractivity contribution in [3.63, 3.8) is 0 Å². The highest BCUT2D eigenvalue weighted by atomic mass is 35.5. The van der Waals surface area contributed by atoms with Gasteiger partial charge in [0.15, 0.2) is 11.5 Å². The molecule has 0 aliphatic carbocycles. The molecule has 7 heteroatoms. The number of ether oxygens (including phenoxy) is 2. The molecule has 0 heterocycles. The summed E-state index contributed by atoms with van der Waals surface area (Å²) >= 11 is 5.90. The molecule has 0 saturated heterocycles. The molecule has 2 rings (SSSR count). The molecule has 0 spiro atoms. The molecule has 0 radical (unpaired) electrons. The van der Waals surface area contributed by atoms with Gasteiger partial charge in [-0.05, 0) is 41.5 Å². The number of carbonyl (C=O) groups excluding carboxylic acids is 1. The lowest BCUT2D eigenvalue weighted by Gasteiger charge is -2.17. The number of methoxy groups -OCH3 is 1. The van der Waals surface area contributed by atoms with Gasteiger partial charge < -0.3 is 14.4 Å². The molecule has 0 aliphatic heterocycles. The van der Waals surface area contributed by atoms with Gasteiger partial charge in [-0.25, -0.2) is 0 Å². The molecule has 2 aromatic rings. The summed E-state index contributed by atoms with van der Waals surface area (Å²) in [5, 5.41) is 0.581. The van der Waals surface area contributed by atoms with Crippen molar-refractivity contribution in [1.29, 1.82) is 0 Å². The number of alkyl halides is 2. The molecule has 4 nitrogen and oxygen atoms in total. The number of carbonyl (C=O) groups is 1. The van der Waals surface area contributed by atoms with Crippen molar-refractivity contribution in [3.05, 3.63) is 64.7 Å². The zero-order valence-electron chi connectivity index (χ0n) is 14.3. The van der Waals surface area contributed by atoms with Gasteiger partial charge in [0, 0.05) is 24.7 Å². The topological polar surface area (TPSA) is 38.8 Å². The van der Waals surface area contributed by atoms with E-state index in [-0.39, 0.29) is 24.0 Å². The van der Waals surface area contributed by atoms with Crippen LogP contribution in [0.15, 0.2) is 48.5 Å². The minimum absolute atomic E-state index is 0.0738. The molecule has 1 amide bonds. The normalized spacial score (nSPS) is 11.0. The standard InChI is InChI=1S/C19H18ClF2NO3/c1-23(18(24)9-7-13-4-3-5-15(20)10-13)12-14-6-8-16(25-2)17(11-14)26-19(21)22/h3-11,19H,12H2,1-2H3/b9-7+. The maximum Gasteiger partial charge on any atom is 0.387 e. The molecule has 2 aromatic carbocycles. The van der Waals surface area contributed by atoms with Crippen LogP contribution in [0.4, 0.5) is 8.78 Å². The summed E-state index contributed by atoms with van der Waals surface area (Å²) in [7, 11) is 2.98. The molecule has 0 aliphatic rings. The summed E-state index contributed by atoms with van der Waals surface area (Å²) in [6, 6.07) is 11.7. The van der Waals surface area contributed by atoms with Gasteiger partial charge in [0.1, 0.15) is 0 Å². The van der Waals surface area contributed by atoms with E-state index >= 15 is 0 Å². The zero-order chi connectivity index (χ0) is 19.1. The average Bonchev–Trinajstić information content (AvgIpc) is 2.59. The molecule has 138 valence electrons. The van der Waals surface area contributed by atoms with E-state index in [0.29, 0.717) is 10.6 Å². The van der Waals surface area contributed by atoms with Crippen molar-refractivity contribution in [3.8, 4) is 11.5 Å². The molecule has 0 fully saturated rings. The first-order chi connectivity index (χ1) is 12.4. The van der Waals surface area contributed by atoms with Crippen molar-refractivity contribution in [2.75, 3.05) is 14.2 Å². The maximum atomic E-state index is 12.5. The molecule has 0 aromatic heterocycles. The van der Waals surface area contributed by atoms with E-state index in [4.69, 9.17) is 16.3 Å². The average molecular weight is 382 g/mol. The fraction of sp³-hybridized carbons (Fsp3) is 0.211. The largest absolute Gasteiger partial charge is 0.493 e. The third-order valence-electron chi connectivity index (χ3n) is 3.51. The second kappa shape index (κ2) is 9.20. The highest BCUT2D eigenvalue weighted by Crippen LogP contribution is 2.29. The highest BCUT2D eigenvalue weighted by Gasteiger charge is 2.13. The minimum Gasteiger partial charge on any atom is -0.493 e. The summed E-state index contributed by atoms with van der Waals surface area (Å²) in [6.45, 7) is -2.73. The van der Waals surface area contributed by atoms with Gasteiger partial charge in [-0.15, -0.1) is 0 Å². The fourth-order valence-corrected chi connectivity index (χ4v) is 2.46. The third-order valence-corrected chi connectivity index (χ3v) is 3.74. The fourth-order valence-electron chi connectivity index (χ4n) is 2.26. The number of nitrogens with zero attached hydrogens (tertiary/aromatic N) is 1. The first kappa shape index (κ1) is 19.7. The van der Waals surface area contributed by atoms with E-state index in [1.807, 2.05) is 6.07 Å². The van der Waals surface area contributed by atoms with Crippen LogP contribution in [0.2, 0.25) is 5.02 Å². The molecule has 0 atom stereocenters. The Morgan fingerprint density at radius 3 is 2.65 bits per heavy atom. The predicted molar refractivity (Wildman–Crippen MR) is 96.6 cm³/mol. The minimum atomic E-state index is -2.96. The lowest BCUT2D eigenvalue weighted by Crippen LogP contribution is -2.24. The Hall–Kier alpha value is -2.60. The van der Waals surface area contributed by atoms with Crippen LogP contribution < -0.4 is 9.47 Å². The Labute approximate surface area is 155 Å². The second-order valence-corrected chi connectivity index (χ2v) is 5.88. The number of benzene rings is 2. The third kappa shape index (κ3) is 5.74. The van der Waals surface area contributed by atoms with Crippen LogP contribution in [0, 0.1) is 0 Å². The molecule has 0 bridgehead atoms. The highest BCUT2D eigenvalue weighted by molar-refractivity contribution is 6.30. The van der Waals surface area contributed by atoms with Crippen LogP contribution in [-0.4, -0.2) is 31.6 Å². The van der Waals surface area contributed by atoms with Crippen molar-refractivity contribution < 1.29 is 23.0 Å². The van der Waals surface area contributed by atoms with Crippen molar-refractivity contribution in [2.45, 2.75) is 13.2 Å². The molecular weight excluding hydrogens is 364 g/mol. The summed E-state index contributed by atoms with van der Waals surface area (Å²) < 4.78 is 34.4. The van der Waals surface area contributed by atoms with Gasteiger partial charge in [-0.1, -0.05) is 29.8 Å². The second-order valence-electron chi connectivity index (χ2n) is 5.45. The van der Waals surface area contributed by atoms with Gasteiger partial charge in [0.05, 0.1) is 7.11 Å². The Kier molecular flexibility index (Phi) is 6.97. The first-order valence-electron chi connectivity index (χ1n) is 7.69. The smallest absolute Gasteiger partial charge is 0.387 e. The molecular formula is C19H18ClF2NO3. The Morgan fingerprint density at radius 2 is 2.00 bits per heavy atom. The van der Waals surface area contributed by atoms with Crippen molar-refractivity contribution >= 4 is 23.6 Å². The van der Waals surface area contributed by atoms with Gasteiger partial charge in [0.2, 0.25) is 5.91 Å². The van der Waals surface area contributed by atoms with Crippen LogP contribution in [0.3, 0.4) is 0 Å². The van der Waals surface area contributed by atoms with Gasteiger partial charge in [-0.3, -0.25) is 4.79 Å². The predicted octanol–water partition coefficient (Wildman–Crippen LogP) is 4.62. The van der Waals surface area contributed by atoms with Crippen LogP contribution >= 0.6 is 11.6 Å². The Balaban J connectivity index is 2.06. The van der Waals surface area contributed by atoms with Crippen LogP contribution in [-0.2, 0) is 11.3 Å². The van der Waals surface area contributed by atoms with Gasteiger partial charge in [-0.2, -0.15) is 8.78 Å². The van der Waals surface area contributed by atoms with E-state index in [0.717, 1.165) is 5.56 Å². The number of hydrogen-bond donors (Lipinski definition) is 0. The molecule has 0 saturated carbocycles. The van der Waals surface area contributed by atoms with Crippen LogP contribution in [0.25, 0.3) is 6.08 Å². The van der Waals surface area contributed by atoms with Gasteiger partial charge in [0.25, 0.3) is 0 Å². The zero-order valence-corrected chi connectivity index (χ0v) is 15.0. The molecule has 26 heavy (non-hydrogen) atoms. The van der Waals surface area contributed by atoms with Crippen molar-refractivity contribution in [1.82, 2.24) is 4.90 Å². The molecule has 0 N–H and O–H groups in total. The van der Waals surface area contributed by atoms with E-state index in [9.17, 15) is 13.6 Å². The van der Waals surface area contributed by atoms with E-state index in [1.54, 1.807) is 37.4 Å². The van der Waals surface area contributed by atoms with E-state index in [2.05, 4.69) is 4.74 Å². The summed E-state index contributed by atoms with van der Waals surface area (Å²) in [5.41, 5.74) is 1.43.